The first-order valence-corrected chi connectivity index (χ1v) is 11.5. The maximum absolute atomic E-state index is 12.9. The van der Waals surface area contributed by atoms with E-state index in [2.05, 4.69) is 5.32 Å². The summed E-state index contributed by atoms with van der Waals surface area (Å²) in [4.78, 5) is 12.5. The average Bonchev–Trinajstić information content (AvgIpc) is 2.68. The van der Waals surface area contributed by atoms with Gasteiger partial charge in [0.15, 0.2) is 0 Å². The van der Waals surface area contributed by atoms with E-state index in [4.69, 9.17) is 11.6 Å². The zero-order valence-electron chi connectivity index (χ0n) is 16.9. The lowest BCUT2D eigenvalue weighted by atomic mass is 9.94. The van der Waals surface area contributed by atoms with E-state index in [0.717, 1.165) is 24.6 Å². The molecule has 0 aliphatic carbocycles. The molecule has 1 amide bonds. The van der Waals surface area contributed by atoms with Crippen LogP contribution in [-0.2, 0) is 16.2 Å². The standard InChI is InChI=1S/C21H22ClF3N2O3S/c1-13-9-14(2)12-27(11-13)31(29,30)17-6-3-15(4-7-17)20(28)26-19-10-16(21(23,24)25)5-8-18(19)22/h3-8,10,13-14H,9,11-12H2,1-2H3,(H,26,28)/t13-,14-/m1/s1. The predicted octanol–water partition coefficient (Wildman–Crippen LogP) is 5.28. The first kappa shape index (κ1) is 23.6. The Bertz CT molecular complexity index is 1060. The number of rotatable bonds is 4. The first-order chi connectivity index (χ1) is 14.4. The molecule has 0 unspecified atom stereocenters. The van der Waals surface area contributed by atoms with Crippen molar-refractivity contribution in [1.82, 2.24) is 4.31 Å². The number of carbonyl (C=O) groups excluding carboxylic acids is 1. The van der Waals surface area contributed by atoms with Gasteiger partial charge >= 0.3 is 6.18 Å². The van der Waals surface area contributed by atoms with Crippen molar-refractivity contribution >= 4 is 33.2 Å². The molecule has 2 aromatic carbocycles. The molecule has 0 spiro atoms. The number of carbonyl (C=O) groups is 1. The Morgan fingerprint density at radius 1 is 1.06 bits per heavy atom. The van der Waals surface area contributed by atoms with E-state index in [1.807, 2.05) is 13.8 Å². The number of nitrogens with zero attached hydrogens (tertiary/aromatic N) is 1. The molecule has 0 radical (unpaired) electrons. The number of hydrogen-bond donors (Lipinski definition) is 1. The number of piperidine rings is 1. The molecule has 1 aliphatic rings. The first-order valence-electron chi connectivity index (χ1n) is 9.66. The van der Waals surface area contributed by atoms with Crippen LogP contribution in [0.4, 0.5) is 18.9 Å². The molecule has 168 valence electrons. The molecule has 0 saturated carbocycles. The SMILES string of the molecule is C[C@@H]1C[C@@H](C)CN(S(=O)(=O)c2ccc(C(=O)Nc3cc(C(F)(F)F)ccc3Cl)cc2)C1. The molecular weight excluding hydrogens is 453 g/mol. The van der Waals surface area contributed by atoms with E-state index in [9.17, 15) is 26.4 Å². The van der Waals surface area contributed by atoms with Crippen LogP contribution in [-0.4, -0.2) is 31.7 Å². The Hall–Kier alpha value is -2.10. The van der Waals surface area contributed by atoms with Gasteiger partial charge in [0.25, 0.3) is 5.91 Å². The molecular formula is C21H22ClF3N2O3S. The van der Waals surface area contributed by atoms with Gasteiger partial charge in [-0.25, -0.2) is 8.42 Å². The van der Waals surface area contributed by atoms with E-state index in [1.54, 1.807) is 0 Å². The van der Waals surface area contributed by atoms with Crippen LogP contribution in [0.1, 0.15) is 36.2 Å². The Labute approximate surface area is 184 Å². The highest BCUT2D eigenvalue weighted by Gasteiger charge is 2.32. The van der Waals surface area contributed by atoms with Gasteiger partial charge in [0.1, 0.15) is 0 Å². The molecule has 1 saturated heterocycles. The van der Waals surface area contributed by atoms with E-state index in [1.165, 1.54) is 28.6 Å². The molecule has 31 heavy (non-hydrogen) atoms. The summed E-state index contributed by atoms with van der Waals surface area (Å²) < 4.78 is 66.0. The minimum atomic E-state index is -4.58. The van der Waals surface area contributed by atoms with Crippen LogP contribution in [0.2, 0.25) is 5.02 Å². The van der Waals surface area contributed by atoms with E-state index < -0.39 is 27.7 Å². The number of hydrogen-bond acceptors (Lipinski definition) is 3. The average molecular weight is 475 g/mol. The highest BCUT2D eigenvalue weighted by molar-refractivity contribution is 7.89. The molecule has 1 heterocycles. The lowest BCUT2D eigenvalue weighted by Crippen LogP contribution is -2.42. The second-order valence-corrected chi connectivity index (χ2v) is 10.3. The largest absolute Gasteiger partial charge is 0.416 e. The van der Waals surface area contributed by atoms with E-state index in [-0.39, 0.29) is 33.0 Å². The van der Waals surface area contributed by atoms with Crippen LogP contribution in [0.25, 0.3) is 0 Å². The van der Waals surface area contributed by atoms with Gasteiger partial charge in [-0.2, -0.15) is 17.5 Å². The molecule has 10 heteroatoms. The number of halogens is 4. The van der Waals surface area contributed by atoms with E-state index >= 15 is 0 Å². The lowest BCUT2D eigenvalue weighted by molar-refractivity contribution is -0.137. The Morgan fingerprint density at radius 3 is 2.19 bits per heavy atom. The van der Waals surface area contributed by atoms with Gasteiger partial charge in [0, 0.05) is 18.7 Å². The fourth-order valence-electron chi connectivity index (χ4n) is 3.72. The minimum Gasteiger partial charge on any atom is -0.321 e. The summed E-state index contributed by atoms with van der Waals surface area (Å²) in [5.74, 6) is -0.202. The van der Waals surface area contributed by atoms with Gasteiger partial charge in [-0.1, -0.05) is 25.4 Å². The van der Waals surface area contributed by atoms with Crippen LogP contribution >= 0.6 is 11.6 Å². The van der Waals surface area contributed by atoms with Crippen LogP contribution < -0.4 is 5.32 Å². The second-order valence-electron chi connectivity index (χ2n) is 7.94. The zero-order valence-corrected chi connectivity index (χ0v) is 18.5. The number of sulfonamides is 1. The van der Waals surface area contributed by atoms with E-state index in [0.29, 0.717) is 13.1 Å². The smallest absolute Gasteiger partial charge is 0.321 e. The quantitative estimate of drug-likeness (QED) is 0.655. The number of alkyl halides is 3. The summed E-state index contributed by atoms with van der Waals surface area (Å²) in [6.45, 7) is 4.88. The Balaban J connectivity index is 1.78. The van der Waals surface area contributed by atoms with Crippen molar-refractivity contribution in [1.29, 1.82) is 0 Å². The Morgan fingerprint density at radius 2 is 1.65 bits per heavy atom. The number of anilines is 1. The second kappa shape index (κ2) is 8.80. The summed E-state index contributed by atoms with van der Waals surface area (Å²) >= 11 is 5.91. The number of amides is 1. The Kier molecular flexibility index (Phi) is 6.69. The molecule has 1 N–H and O–H groups in total. The van der Waals surface area contributed by atoms with Gasteiger partial charge in [0.2, 0.25) is 10.0 Å². The van der Waals surface area contributed by atoms with Gasteiger partial charge in [0.05, 0.1) is 21.2 Å². The van der Waals surface area contributed by atoms with Crippen molar-refractivity contribution in [2.45, 2.75) is 31.3 Å². The summed E-state index contributed by atoms with van der Waals surface area (Å²) in [7, 11) is -3.70. The normalized spacial score (nSPS) is 20.5. The minimum absolute atomic E-state index is 0.0473. The highest BCUT2D eigenvalue weighted by Crippen LogP contribution is 2.34. The third-order valence-electron chi connectivity index (χ3n) is 5.13. The fourth-order valence-corrected chi connectivity index (χ4v) is 5.57. The van der Waals surface area contributed by atoms with Gasteiger partial charge < -0.3 is 5.32 Å². The molecule has 2 aromatic rings. The van der Waals surface area contributed by atoms with Crippen LogP contribution in [0, 0.1) is 11.8 Å². The predicted molar refractivity (Wildman–Crippen MR) is 113 cm³/mol. The monoisotopic (exact) mass is 474 g/mol. The van der Waals surface area contributed by atoms with Crippen molar-refractivity contribution in [2.75, 3.05) is 18.4 Å². The highest BCUT2D eigenvalue weighted by atomic mass is 35.5. The summed E-state index contributed by atoms with van der Waals surface area (Å²) in [5, 5.41) is 2.29. The maximum Gasteiger partial charge on any atom is 0.416 e. The van der Waals surface area contributed by atoms with Gasteiger partial charge in [-0.05, 0) is 60.7 Å². The molecule has 2 atom stereocenters. The van der Waals surface area contributed by atoms with Gasteiger partial charge in [-0.3, -0.25) is 4.79 Å². The number of benzene rings is 2. The maximum atomic E-state index is 12.9. The third-order valence-corrected chi connectivity index (χ3v) is 7.31. The lowest BCUT2D eigenvalue weighted by Gasteiger charge is -2.34. The molecule has 5 nitrogen and oxygen atoms in total. The van der Waals surface area contributed by atoms with Crippen molar-refractivity contribution < 1.29 is 26.4 Å². The van der Waals surface area contributed by atoms with Gasteiger partial charge in [-0.15, -0.1) is 0 Å². The topological polar surface area (TPSA) is 66.5 Å². The summed E-state index contributed by atoms with van der Waals surface area (Å²) in [6.07, 6.45) is -3.62. The molecule has 0 aromatic heterocycles. The molecule has 1 aliphatic heterocycles. The fraction of sp³-hybridized carbons (Fsp3) is 0.381. The summed E-state index contributed by atoms with van der Waals surface area (Å²) in [5.41, 5.74) is -1.04. The van der Waals surface area contributed by atoms with Crippen LogP contribution in [0.5, 0.6) is 0 Å². The molecule has 3 rings (SSSR count). The van der Waals surface area contributed by atoms with Crippen LogP contribution in [0.3, 0.4) is 0 Å². The summed E-state index contributed by atoms with van der Waals surface area (Å²) in [6, 6.07) is 7.90. The van der Waals surface area contributed by atoms with Crippen molar-refractivity contribution in [2.24, 2.45) is 11.8 Å². The van der Waals surface area contributed by atoms with Crippen molar-refractivity contribution in [3.05, 3.63) is 58.6 Å². The molecule has 1 fully saturated rings. The molecule has 0 bridgehead atoms. The zero-order chi connectivity index (χ0) is 23.0. The number of nitrogens with one attached hydrogen (secondary N) is 1. The van der Waals surface area contributed by atoms with Crippen molar-refractivity contribution in [3.63, 3.8) is 0 Å². The van der Waals surface area contributed by atoms with Crippen LogP contribution in [0.15, 0.2) is 47.4 Å². The third kappa shape index (κ3) is 5.39. The van der Waals surface area contributed by atoms with Crippen molar-refractivity contribution in [3.8, 4) is 0 Å².